The first-order valence-electron chi connectivity index (χ1n) is 7.80. The van der Waals surface area contributed by atoms with Crippen LogP contribution >= 0.6 is 8.58 Å². The van der Waals surface area contributed by atoms with Gasteiger partial charge in [-0.1, -0.05) is 92.1 Å². The number of unbranched alkanes of at least 4 members (excludes halogenated alkanes) is 9. The molecule has 0 bridgehead atoms. The predicted octanol–water partition coefficient (Wildman–Crippen LogP) is 6.51. The van der Waals surface area contributed by atoms with Crippen LogP contribution in [0.1, 0.15) is 84.5 Å². The molecule has 1 unspecified atom stereocenters. The van der Waals surface area contributed by atoms with Crippen LogP contribution in [0.3, 0.4) is 0 Å². The lowest BCUT2D eigenvalue weighted by Crippen LogP contribution is -1.82. The number of allylic oxidation sites excluding steroid dienone is 1. The van der Waals surface area contributed by atoms with Gasteiger partial charge in [-0.2, -0.15) is 0 Å². The molecule has 0 radical (unpaired) electrons. The van der Waals surface area contributed by atoms with Crippen molar-refractivity contribution in [3.05, 3.63) is 11.9 Å². The van der Waals surface area contributed by atoms with Crippen LogP contribution in [0.4, 0.5) is 0 Å². The molecular formula is C16H33P. The molecule has 0 rings (SSSR count). The Morgan fingerprint density at radius 3 is 1.76 bits per heavy atom. The summed E-state index contributed by atoms with van der Waals surface area (Å²) in [4.78, 5) is 0. The minimum absolute atomic E-state index is 1.07. The molecule has 1 heteroatoms. The van der Waals surface area contributed by atoms with E-state index >= 15 is 0 Å². The van der Waals surface area contributed by atoms with Gasteiger partial charge in [0, 0.05) is 0 Å². The number of hydrogen-bond acceptors (Lipinski definition) is 0. The van der Waals surface area contributed by atoms with Gasteiger partial charge in [0.1, 0.15) is 0 Å². The first-order chi connectivity index (χ1) is 8.41. The fourth-order valence-electron chi connectivity index (χ4n) is 2.00. The topological polar surface area (TPSA) is 0 Å². The van der Waals surface area contributed by atoms with Crippen molar-refractivity contribution in [1.29, 1.82) is 0 Å². The van der Waals surface area contributed by atoms with Crippen LogP contribution in [0.15, 0.2) is 11.9 Å². The first-order valence-corrected chi connectivity index (χ1v) is 9.08. The van der Waals surface area contributed by atoms with E-state index in [1.54, 1.807) is 0 Å². The minimum Gasteiger partial charge on any atom is -0.0987 e. The second-order valence-corrected chi connectivity index (χ2v) is 6.19. The van der Waals surface area contributed by atoms with Crippen molar-refractivity contribution in [2.75, 3.05) is 6.16 Å². The Morgan fingerprint density at radius 1 is 0.706 bits per heavy atom. The third-order valence-electron chi connectivity index (χ3n) is 3.15. The number of rotatable bonds is 13. The molecule has 0 aliphatic heterocycles. The summed E-state index contributed by atoms with van der Waals surface area (Å²) in [6.07, 6.45) is 19.5. The van der Waals surface area contributed by atoms with Crippen molar-refractivity contribution in [2.45, 2.75) is 84.5 Å². The van der Waals surface area contributed by atoms with Gasteiger partial charge < -0.3 is 0 Å². The summed E-state index contributed by atoms with van der Waals surface area (Å²) >= 11 is 0. The molecule has 0 fully saturated rings. The molecule has 0 heterocycles. The van der Waals surface area contributed by atoms with Crippen LogP contribution in [0.5, 0.6) is 0 Å². The Bertz CT molecular complexity index is 152. The highest BCUT2D eigenvalue weighted by molar-refractivity contribution is 7.41. The summed E-state index contributed by atoms with van der Waals surface area (Å²) in [5, 5.41) is 0. The van der Waals surface area contributed by atoms with E-state index in [0.29, 0.717) is 0 Å². The van der Waals surface area contributed by atoms with Gasteiger partial charge in [-0.15, -0.1) is 0 Å². The van der Waals surface area contributed by atoms with E-state index in [4.69, 9.17) is 0 Å². The summed E-state index contributed by atoms with van der Waals surface area (Å²) < 4.78 is 0. The molecule has 0 aromatic heterocycles. The molecule has 0 aromatic carbocycles. The molecule has 102 valence electrons. The second-order valence-electron chi connectivity index (χ2n) is 4.95. The second kappa shape index (κ2) is 16.2. The molecule has 0 aliphatic carbocycles. The standard InChI is InChI=1S/C16H33P/c1-3-5-7-8-9-10-11-12-13-14-16-17-15-6-4-2/h6,15,17H,3-5,7-14,16H2,1-2H3. The van der Waals surface area contributed by atoms with Crippen LogP contribution in [0.2, 0.25) is 0 Å². The van der Waals surface area contributed by atoms with Crippen molar-refractivity contribution in [2.24, 2.45) is 0 Å². The average Bonchev–Trinajstić information content (AvgIpc) is 2.35. The summed E-state index contributed by atoms with van der Waals surface area (Å²) in [5.41, 5.74) is 0. The monoisotopic (exact) mass is 256 g/mol. The average molecular weight is 256 g/mol. The molecule has 1 atom stereocenters. The van der Waals surface area contributed by atoms with Crippen molar-refractivity contribution >= 4 is 8.58 Å². The highest BCUT2D eigenvalue weighted by Gasteiger charge is 1.92. The van der Waals surface area contributed by atoms with E-state index in [1.807, 2.05) is 0 Å². The molecule has 0 spiro atoms. The lowest BCUT2D eigenvalue weighted by molar-refractivity contribution is 0.563. The molecule has 0 saturated heterocycles. The molecule has 0 aliphatic rings. The Labute approximate surface area is 111 Å². The van der Waals surface area contributed by atoms with Crippen LogP contribution in [0.25, 0.3) is 0 Å². The molecule has 0 nitrogen and oxygen atoms in total. The quantitative estimate of drug-likeness (QED) is 0.260. The Morgan fingerprint density at radius 2 is 1.24 bits per heavy atom. The van der Waals surface area contributed by atoms with Gasteiger partial charge in [0.15, 0.2) is 0 Å². The molecular weight excluding hydrogens is 223 g/mol. The lowest BCUT2D eigenvalue weighted by atomic mass is 10.1. The summed E-state index contributed by atoms with van der Waals surface area (Å²) in [5.74, 6) is 2.37. The van der Waals surface area contributed by atoms with Crippen LogP contribution in [0, 0.1) is 0 Å². The van der Waals surface area contributed by atoms with Crippen molar-refractivity contribution in [1.82, 2.24) is 0 Å². The van der Waals surface area contributed by atoms with E-state index in [2.05, 4.69) is 25.7 Å². The summed E-state index contributed by atoms with van der Waals surface area (Å²) in [7, 11) is 1.07. The maximum atomic E-state index is 2.37. The molecule has 0 saturated carbocycles. The van der Waals surface area contributed by atoms with Crippen LogP contribution in [-0.4, -0.2) is 6.16 Å². The maximum absolute atomic E-state index is 2.37. The molecule has 0 N–H and O–H groups in total. The zero-order chi connectivity index (χ0) is 12.6. The minimum atomic E-state index is 1.07. The predicted molar refractivity (Wildman–Crippen MR) is 84.5 cm³/mol. The Kier molecular flexibility index (Phi) is 16.3. The lowest BCUT2D eigenvalue weighted by Gasteiger charge is -2.01. The SMILES string of the molecule is CCC=CPCCCCCCCCCCCC. The maximum Gasteiger partial charge on any atom is -0.0319 e. The van der Waals surface area contributed by atoms with Gasteiger partial charge in [0.25, 0.3) is 0 Å². The van der Waals surface area contributed by atoms with Gasteiger partial charge >= 0.3 is 0 Å². The fourth-order valence-corrected chi connectivity index (χ4v) is 3.02. The third kappa shape index (κ3) is 16.2. The van der Waals surface area contributed by atoms with E-state index < -0.39 is 0 Å². The smallest absolute Gasteiger partial charge is 0.0319 e. The van der Waals surface area contributed by atoms with Crippen LogP contribution < -0.4 is 0 Å². The Hall–Kier alpha value is 0.170. The van der Waals surface area contributed by atoms with Crippen molar-refractivity contribution in [3.63, 3.8) is 0 Å². The number of hydrogen-bond donors (Lipinski definition) is 0. The molecule has 0 aromatic rings. The van der Waals surface area contributed by atoms with Gasteiger partial charge in [-0.25, -0.2) is 0 Å². The first kappa shape index (κ1) is 17.2. The zero-order valence-corrected chi connectivity index (χ0v) is 13.1. The van der Waals surface area contributed by atoms with Gasteiger partial charge in [-0.3, -0.25) is 0 Å². The van der Waals surface area contributed by atoms with Crippen molar-refractivity contribution in [3.8, 4) is 0 Å². The van der Waals surface area contributed by atoms with Gasteiger partial charge in [0.05, 0.1) is 0 Å². The zero-order valence-electron chi connectivity index (χ0n) is 12.1. The normalized spacial score (nSPS) is 12.1. The molecule has 0 amide bonds. The summed E-state index contributed by atoms with van der Waals surface area (Å²) in [6.45, 7) is 4.50. The highest BCUT2D eigenvalue weighted by Crippen LogP contribution is 2.16. The van der Waals surface area contributed by atoms with Crippen LogP contribution in [-0.2, 0) is 0 Å². The van der Waals surface area contributed by atoms with E-state index in [9.17, 15) is 0 Å². The van der Waals surface area contributed by atoms with E-state index in [-0.39, 0.29) is 0 Å². The summed E-state index contributed by atoms with van der Waals surface area (Å²) in [6, 6.07) is 0. The Balaban J connectivity index is 2.91. The third-order valence-corrected chi connectivity index (χ3v) is 4.26. The van der Waals surface area contributed by atoms with Gasteiger partial charge in [0.2, 0.25) is 0 Å². The molecule has 17 heavy (non-hydrogen) atoms. The van der Waals surface area contributed by atoms with E-state index in [0.717, 1.165) is 8.58 Å². The largest absolute Gasteiger partial charge is 0.0987 e. The van der Waals surface area contributed by atoms with Gasteiger partial charge in [-0.05, 0) is 19.0 Å². The van der Waals surface area contributed by atoms with E-state index in [1.165, 1.54) is 76.8 Å². The van der Waals surface area contributed by atoms with Crippen molar-refractivity contribution < 1.29 is 0 Å². The fraction of sp³-hybridized carbons (Fsp3) is 0.875. The highest BCUT2D eigenvalue weighted by atomic mass is 31.1.